The Labute approximate surface area is 118 Å². The first-order valence-corrected chi connectivity index (χ1v) is 7.93. The van der Waals surface area contributed by atoms with Gasteiger partial charge in [-0.2, -0.15) is 9.57 Å². The van der Waals surface area contributed by atoms with Crippen molar-refractivity contribution in [2.75, 3.05) is 51.7 Å². The summed E-state index contributed by atoms with van der Waals surface area (Å²) >= 11 is 0. The number of hydrogen-bond acceptors (Lipinski definition) is 6. The molecule has 0 amide bonds. The Morgan fingerprint density at radius 2 is 2.00 bits per heavy atom. The average molecular weight is 305 g/mol. The summed E-state index contributed by atoms with van der Waals surface area (Å²) < 4.78 is 30.1. The Hall–Kier alpha value is -1.21. The van der Waals surface area contributed by atoms with Gasteiger partial charge in [0, 0.05) is 39.1 Å². The van der Waals surface area contributed by atoms with Crippen LogP contribution in [0.5, 0.6) is 0 Å². The van der Waals surface area contributed by atoms with Crippen molar-refractivity contribution in [2.45, 2.75) is 6.42 Å². The van der Waals surface area contributed by atoms with E-state index in [0.717, 1.165) is 17.4 Å². The summed E-state index contributed by atoms with van der Waals surface area (Å²) in [5.74, 6) is -2.33. The van der Waals surface area contributed by atoms with Gasteiger partial charge in [-0.1, -0.05) is 0 Å². The number of nitriles is 1. The van der Waals surface area contributed by atoms with Gasteiger partial charge in [0.05, 0.1) is 19.3 Å². The van der Waals surface area contributed by atoms with E-state index in [1.807, 2.05) is 6.07 Å². The van der Waals surface area contributed by atoms with Crippen LogP contribution in [0.3, 0.4) is 0 Å². The van der Waals surface area contributed by atoms with E-state index in [1.54, 1.807) is 0 Å². The van der Waals surface area contributed by atoms with Crippen molar-refractivity contribution in [2.24, 2.45) is 0 Å². The Morgan fingerprint density at radius 1 is 1.35 bits per heavy atom. The van der Waals surface area contributed by atoms with Crippen LogP contribution in [0.15, 0.2) is 0 Å². The Kier molecular flexibility index (Phi) is 6.87. The number of hydrogen-bond donors (Lipinski definition) is 1. The van der Waals surface area contributed by atoms with E-state index < -0.39 is 21.7 Å². The van der Waals surface area contributed by atoms with Gasteiger partial charge >= 0.3 is 5.97 Å². The van der Waals surface area contributed by atoms with Gasteiger partial charge in [-0.25, -0.2) is 8.42 Å². The highest BCUT2D eigenvalue weighted by Crippen LogP contribution is 2.05. The van der Waals surface area contributed by atoms with Crippen molar-refractivity contribution in [3.63, 3.8) is 0 Å². The number of ether oxygens (including phenoxy) is 1. The highest BCUT2D eigenvalue weighted by Gasteiger charge is 2.25. The maximum Gasteiger partial charge on any atom is 0.320 e. The van der Waals surface area contributed by atoms with Crippen molar-refractivity contribution in [3.8, 4) is 6.07 Å². The molecule has 8 nitrogen and oxygen atoms in total. The molecule has 114 valence electrons. The first kappa shape index (κ1) is 16.8. The van der Waals surface area contributed by atoms with Crippen molar-refractivity contribution >= 4 is 16.0 Å². The number of carbonyl (C=O) groups is 1. The molecule has 1 aliphatic rings. The largest absolute Gasteiger partial charge is 0.480 e. The maximum atomic E-state index is 11.9. The van der Waals surface area contributed by atoms with Crippen LogP contribution >= 0.6 is 0 Å². The highest BCUT2D eigenvalue weighted by molar-refractivity contribution is 7.89. The van der Waals surface area contributed by atoms with Crippen LogP contribution in [0.2, 0.25) is 0 Å². The molecule has 9 heteroatoms. The molecule has 1 fully saturated rings. The number of sulfonamides is 1. The zero-order valence-electron chi connectivity index (χ0n) is 11.2. The van der Waals surface area contributed by atoms with Crippen LogP contribution < -0.4 is 0 Å². The lowest BCUT2D eigenvalue weighted by Gasteiger charge is -2.29. The van der Waals surface area contributed by atoms with Crippen LogP contribution in [-0.4, -0.2) is 80.4 Å². The minimum Gasteiger partial charge on any atom is -0.480 e. The molecule has 1 N–H and O–H groups in total. The molecule has 1 aliphatic heterocycles. The van der Waals surface area contributed by atoms with E-state index >= 15 is 0 Å². The van der Waals surface area contributed by atoms with Crippen LogP contribution in [0.1, 0.15) is 6.42 Å². The van der Waals surface area contributed by atoms with Gasteiger partial charge in [-0.05, 0) is 0 Å². The molecular formula is C11H19N3O5S. The standard InChI is InChI=1S/C11H19N3O5S/c12-2-1-3-14(20(17,18)10-11(15)16)5-4-13-6-8-19-9-7-13/h1,3-10H2,(H,15,16). The number of carboxylic acids is 1. The minimum atomic E-state index is -3.87. The van der Waals surface area contributed by atoms with Gasteiger partial charge in [0.2, 0.25) is 10.0 Å². The lowest BCUT2D eigenvalue weighted by atomic mass is 10.4. The molecule has 20 heavy (non-hydrogen) atoms. The fraction of sp³-hybridized carbons (Fsp3) is 0.818. The molecule has 0 spiro atoms. The van der Waals surface area contributed by atoms with Gasteiger partial charge in [0.1, 0.15) is 0 Å². The van der Waals surface area contributed by atoms with E-state index in [-0.39, 0.29) is 19.5 Å². The number of nitrogens with zero attached hydrogens (tertiary/aromatic N) is 3. The second-order valence-electron chi connectivity index (χ2n) is 4.41. The average Bonchev–Trinajstić information content (AvgIpc) is 2.38. The van der Waals surface area contributed by atoms with E-state index in [9.17, 15) is 13.2 Å². The molecule has 0 aliphatic carbocycles. The van der Waals surface area contributed by atoms with Gasteiger partial charge in [0.25, 0.3) is 0 Å². The molecular weight excluding hydrogens is 286 g/mol. The SMILES string of the molecule is N#CCCN(CCN1CCOCC1)S(=O)(=O)CC(=O)O. The van der Waals surface area contributed by atoms with Crippen LogP contribution in [0, 0.1) is 11.3 Å². The van der Waals surface area contributed by atoms with Gasteiger partial charge in [-0.3, -0.25) is 9.69 Å². The van der Waals surface area contributed by atoms with E-state index in [4.69, 9.17) is 15.1 Å². The lowest BCUT2D eigenvalue weighted by molar-refractivity contribution is -0.134. The lowest BCUT2D eigenvalue weighted by Crippen LogP contribution is -2.44. The zero-order valence-corrected chi connectivity index (χ0v) is 12.0. The summed E-state index contributed by atoms with van der Waals surface area (Å²) in [6.45, 7) is 3.40. The molecule has 1 saturated heterocycles. The molecule has 0 aromatic heterocycles. The van der Waals surface area contributed by atoms with Crippen LogP contribution in [-0.2, 0) is 19.6 Å². The van der Waals surface area contributed by atoms with Gasteiger partial charge < -0.3 is 9.84 Å². The van der Waals surface area contributed by atoms with Crippen molar-refractivity contribution in [1.29, 1.82) is 5.26 Å². The number of morpholine rings is 1. The van der Waals surface area contributed by atoms with Crippen molar-refractivity contribution in [1.82, 2.24) is 9.21 Å². The smallest absolute Gasteiger partial charge is 0.320 e. The Balaban J connectivity index is 2.58. The van der Waals surface area contributed by atoms with E-state index in [1.165, 1.54) is 0 Å². The first-order chi connectivity index (χ1) is 9.45. The Bertz CT molecular complexity index is 453. The zero-order chi connectivity index (χ0) is 15.0. The molecule has 0 unspecified atom stereocenters. The number of rotatable bonds is 8. The van der Waals surface area contributed by atoms with E-state index in [2.05, 4.69) is 4.90 Å². The summed E-state index contributed by atoms with van der Waals surface area (Å²) in [5.41, 5.74) is 0. The first-order valence-electron chi connectivity index (χ1n) is 6.32. The molecule has 1 rings (SSSR count). The van der Waals surface area contributed by atoms with Crippen molar-refractivity contribution in [3.05, 3.63) is 0 Å². The predicted octanol–water partition coefficient (Wildman–Crippen LogP) is -1.05. The molecule has 0 aromatic carbocycles. The minimum absolute atomic E-state index is 0.0243. The monoisotopic (exact) mass is 305 g/mol. The predicted molar refractivity (Wildman–Crippen MR) is 70.5 cm³/mol. The molecule has 1 heterocycles. The molecule has 0 saturated carbocycles. The summed E-state index contributed by atoms with van der Waals surface area (Å²) in [5, 5.41) is 17.2. The quantitative estimate of drug-likeness (QED) is 0.609. The maximum absolute atomic E-state index is 11.9. The number of aliphatic carboxylic acids is 1. The summed E-state index contributed by atoms with van der Waals surface area (Å²) in [6, 6.07) is 1.87. The summed E-state index contributed by atoms with van der Waals surface area (Å²) in [7, 11) is -3.87. The fourth-order valence-electron chi connectivity index (χ4n) is 1.89. The summed E-state index contributed by atoms with van der Waals surface area (Å²) in [4.78, 5) is 12.7. The topological polar surface area (TPSA) is 111 Å². The second kappa shape index (κ2) is 8.16. The molecule has 0 atom stereocenters. The number of carboxylic acid groups (broad SMARTS) is 1. The summed E-state index contributed by atoms with van der Waals surface area (Å²) in [6.07, 6.45) is 0.0436. The van der Waals surface area contributed by atoms with Crippen LogP contribution in [0.25, 0.3) is 0 Å². The Morgan fingerprint density at radius 3 is 2.55 bits per heavy atom. The molecule has 0 aromatic rings. The fourth-order valence-corrected chi connectivity index (χ4v) is 3.11. The van der Waals surface area contributed by atoms with Crippen molar-refractivity contribution < 1.29 is 23.1 Å². The third-order valence-corrected chi connectivity index (χ3v) is 4.71. The molecule has 0 radical (unpaired) electrons. The van der Waals surface area contributed by atoms with Gasteiger partial charge in [-0.15, -0.1) is 0 Å². The normalized spacial score (nSPS) is 17.0. The third-order valence-electron chi connectivity index (χ3n) is 2.94. The molecule has 0 bridgehead atoms. The third kappa shape index (κ3) is 5.83. The van der Waals surface area contributed by atoms with E-state index in [0.29, 0.717) is 19.8 Å². The highest BCUT2D eigenvalue weighted by atomic mass is 32.2. The second-order valence-corrected chi connectivity index (χ2v) is 6.38. The van der Waals surface area contributed by atoms with Crippen LogP contribution in [0.4, 0.5) is 0 Å². The van der Waals surface area contributed by atoms with Gasteiger partial charge in [0.15, 0.2) is 5.75 Å².